The van der Waals surface area contributed by atoms with E-state index in [2.05, 4.69) is 35.9 Å². The summed E-state index contributed by atoms with van der Waals surface area (Å²) in [6, 6.07) is 6.34. The van der Waals surface area contributed by atoms with Crippen molar-refractivity contribution in [3.05, 3.63) is 29.3 Å². The summed E-state index contributed by atoms with van der Waals surface area (Å²) in [5.74, 6) is 2.50. The molecule has 1 N–H and O–H groups in total. The third kappa shape index (κ3) is 3.59. The SMILES string of the molecule is CN1CCN(CC(=O)Oc2ccc3c(c2)CCC2C3CCC3(C)C(O)CCC23)CC1. The van der Waals surface area contributed by atoms with E-state index < -0.39 is 0 Å². The largest absolute Gasteiger partial charge is 0.426 e. The van der Waals surface area contributed by atoms with Crippen LogP contribution in [0.1, 0.15) is 56.1 Å². The summed E-state index contributed by atoms with van der Waals surface area (Å²) in [6.07, 6.45) is 6.58. The third-order valence-corrected chi connectivity index (χ3v) is 8.83. The van der Waals surface area contributed by atoms with Gasteiger partial charge in [-0.05, 0) is 92.0 Å². The van der Waals surface area contributed by atoms with E-state index in [0.717, 1.165) is 45.4 Å². The van der Waals surface area contributed by atoms with Gasteiger partial charge in [0.2, 0.25) is 0 Å². The quantitative estimate of drug-likeness (QED) is 0.611. The van der Waals surface area contributed by atoms with E-state index in [9.17, 15) is 9.90 Å². The summed E-state index contributed by atoms with van der Waals surface area (Å²) >= 11 is 0. The number of hydrogen-bond acceptors (Lipinski definition) is 5. The van der Waals surface area contributed by atoms with Crippen molar-refractivity contribution >= 4 is 5.97 Å². The van der Waals surface area contributed by atoms with Gasteiger partial charge in [0.25, 0.3) is 0 Å². The fourth-order valence-electron chi connectivity index (χ4n) is 6.95. The third-order valence-electron chi connectivity index (χ3n) is 8.83. The zero-order chi connectivity index (χ0) is 20.9. The Morgan fingerprint density at radius 1 is 1.17 bits per heavy atom. The van der Waals surface area contributed by atoms with Crippen molar-refractivity contribution in [3.8, 4) is 5.75 Å². The minimum absolute atomic E-state index is 0.119. The molecule has 5 unspecified atom stereocenters. The average Bonchev–Trinajstić information content (AvgIpc) is 3.04. The maximum atomic E-state index is 12.4. The lowest BCUT2D eigenvalue weighted by Crippen LogP contribution is -2.46. The van der Waals surface area contributed by atoms with Gasteiger partial charge in [-0.3, -0.25) is 9.69 Å². The number of hydrogen-bond donors (Lipinski definition) is 1. The molecular formula is C25H36N2O3. The Bertz CT molecular complexity index is 804. The number of fused-ring (bicyclic) bond motifs is 5. The molecule has 2 saturated carbocycles. The van der Waals surface area contributed by atoms with Crippen molar-refractivity contribution in [1.82, 2.24) is 9.80 Å². The topological polar surface area (TPSA) is 53.0 Å². The summed E-state index contributed by atoms with van der Waals surface area (Å²) in [5, 5.41) is 10.6. The van der Waals surface area contributed by atoms with Crippen LogP contribution in [0.3, 0.4) is 0 Å². The van der Waals surface area contributed by atoms with E-state index in [1.165, 1.54) is 30.4 Å². The van der Waals surface area contributed by atoms with E-state index in [-0.39, 0.29) is 17.5 Å². The number of rotatable bonds is 3. The summed E-state index contributed by atoms with van der Waals surface area (Å²) < 4.78 is 5.72. The second-order valence-electron chi connectivity index (χ2n) is 10.5. The van der Waals surface area contributed by atoms with Crippen LogP contribution in [0.15, 0.2) is 18.2 Å². The summed E-state index contributed by atoms with van der Waals surface area (Å²) in [7, 11) is 2.12. The monoisotopic (exact) mass is 412 g/mol. The van der Waals surface area contributed by atoms with Crippen molar-refractivity contribution in [1.29, 1.82) is 0 Å². The standard InChI is InChI=1S/C25H36N2O3/c1-25-10-9-20-19-6-4-18(30-24(29)16-27-13-11-26(2)12-14-27)15-17(19)3-5-21(20)22(25)7-8-23(25)28/h4,6,15,20-23,28H,3,5,7-14,16H2,1-2H3. The molecular weight excluding hydrogens is 376 g/mol. The zero-order valence-electron chi connectivity index (χ0n) is 18.5. The number of ether oxygens (including phenoxy) is 1. The van der Waals surface area contributed by atoms with Crippen molar-refractivity contribution < 1.29 is 14.6 Å². The minimum Gasteiger partial charge on any atom is -0.426 e. The lowest BCUT2D eigenvalue weighted by Gasteiger charge is -2.50. The first-order valence-corrected chi connectivity index (χ1v) is 11.9. The molecule has 30 heavy (non-hydrogen) atoms. The zero-order valence-corrected chi connectivity index (χ0v) is 18.5. The van der Waals surface area contributed by atoms with E-state index in [0.29, 0.717) is 30.0 Å². The molecule has 5 atom stereocenters. The lowest BCUT2D eigenvalue weighted by molar-refractivity contribution is -0.136. The van der Waals surface area contributed by atoms with E-state index >= 15 is 0 Å². The highest BCUT2D eigenvalue weighted by atomic mass is 16.5. The predicted molar refractivity (Wildman–Crippen MR) is 117 cm³/mol. The molecule has 164 valence electrons. The molecule has 3 fully saturated rings. The highest BCUT2D eigenvalue weighted by Crippen LogP contribution is 2.60. The molecule has 1 saturated heterocycles. The number of likely N-dealkylation sites (N-methyl/N-ethyl adjacent to an activating group) is 1. The second kappa shape index (κ2) is 7.92. The summed E-state index contributed by atoms with van der Waals surface area (Å²) in [6.45, 7) is 6.56. The van der Waals surface area contributed by atoms with Gasteiger partial charge in [-0.15, -0.1) is 0 Å². The number of aryl methyl sites for hydroxylation is 1. The molecule has 1 heterocycles. The fourth-order valence-corrected chi connectivity index (χ4v) is 6.95. The number of aliphatic hydroxyl groups excluding tert-OH is 1. The molecule has 1 aromatic rings. The van der Waals surface area contributed by atoms with Crippen LogP contribution in [0.4, 0.5) is 0 Å². The average molecular weight is 413 g/mol. The number of benzene rings is 1. The maximum absolute atomic E-state index is 12.4. The smallest absolute Gasteiger partial charge is 0.325 e. The number of esters is 1. The van der Waals surface area contributed by atoms with Gasteiger partial charge in [0, 0.05) is 26.2 Å². The Labute approximate surface area is 180 Å². The Balaban J connectivity index is 1.25. The van der Waals surface area contributed by atoms with E-state index in [1.54, 1.807) is 0 Å². The van der Waals surface area contributed by atoms with Gasteiger partial charge in [-0.2, -0.15) is 0 Å². The normalized spacial score (nSPS) is 36.6. The number of carbonyl (C=O) groups is 1. The first-order chi connectivity index (χ1) is 14.4. The number of nitrogens with zero attached hydrogens (tertiary/aromatic N) is 2. The molecule has 0 bridgehead atoms. The molecule has 0 spiro atoms. The van der Waals surface area contributed by atoms with Gasteiger partial charge < -0.3 is 14.7 Å². The number of piperazine rings is 1. The van der Waals surface area contributed by atoms with Gasteiger partial charge in [-0.25, -0.2) is 0 Å². The van der Waals surface area contributed by atoms with Crippen LogP contribution in [0.5, 0.6) is 5.75 Å². The van der Waals surface area contributed by atoms with Crippen LogP contribution in [0.25, 0.3) is 0 Å². The molecule has 1 aliphatic heterocycles. The van der Waals surface area contributed by atoms with Crippen LogP contribution in [-0.4, -0.2) is 66.8 Å². The minimum atomic E-state index is -0.151. The molecule has 3 aliphatic carbocycles. The van der Waals surface area contributed by atoms with Gasteiger partial charge in [0.1, 0.15) is 5.75 Å². The van der Waals surface area contributed by atoms with E-state index in [1.807, 2.05) is 6.07 Å². The van der Waals surface area contributed by atoms with Crippen molar-refractivity contribution in [2.24, 2.45) is 17.3 Å². The van der Waals surface area contributed by atoms with E-state index in [4.69, 9.17) is 4.74 Å². The van der Waals surface area contributed by atoms with Crippen LogP contribution in [0, 0.1) is 17.3 Å². The number of aliphatic hydroxyl groups is 1. The lowest BCUT2D eigenvalue weighted by atomic mass is 9.55. The molecule has 0 radical (unpaired) electrons. The summed E-state index contributed by atoms with van der Waals surface area (Å²) in [5.41, 5.74) is 2.95. The molecule has 4 aliphatic rings. The van der Waals surface area contributed by atoms with Crippen LogP contribution >= 0.6 is 0 Å². The Morgan fingerprint density at radius 3 is 2.77 bits per heavy atom. The second-order valence-corrected chi connectivity index (χ2v) is 10.5. The molecule has 0 amide bonds. The Morgan fingerprint density at radius 2 is 1.97 bits per heavy atom. The molecule has 5 heteroatoms. The van der Waals surface area contributed by atoms with Crippen LogP contribution in [-0.2, 0) is 11.2 Å². The molecule has 5 nitrogen and oxygen atoms in total. The van der Waals surface area contributed by atoms with Gasteiger partial charge >= 0.3 is 5.97 Å². The van der Waals surface area contributed by atoms with Crippen LogP contribution < -0.4 is 4.74 Å². The van der Waals surface area contributed by atoms with Crippen molar-refractivity contribution in [3.63, 3.8) is 0 Å². The predicted octanol–water partition coefficient (Wildman–Crippen LogP) is 3.06. The molecule has 5 rings (SSSR count). The first-order valence-electron chi connectivity index (χ1n) is 11.9. The molecule has 0 aromatic heterocycles. The van der Waals surface area contributed by atoms with Gasteiger partial charge in [-0.1, -0.05) is 13.0 Å². The molecule has 1 aromatic carbocycles. The summed E-state index contributed by atoms with van der Waals surface area (Å²) in [4.78, 5) is 16.9. The first kappa shape index (κ1) is 20.5. The Kier molecular flexibility index (Phi) is 5.41. The maximum Gasteiger partial charge on any atom is 0.325 e. The number of carbonyl (C=O) groups excluding carboxylic acids is 1. The highest BCUT2D eigenvalue weighted by molar-refractivity contribution is 5.74. The Hall–Kier alpha value is -1.43. The van der Waals surface area contributed by atoms with Gasteiger partial charge in [0.15, 0.2) is 0 Å². The van der Waals surface area contributed by atoms with Crippen LogP contribution in [0.2, 0.25) is 0 Å². The highest BCUT2D eigenvalue weighted by Gasteiger charge is 2.54. The fraction of sp³-hybridized carbons (Fsp3) is 0.720. The van der Waals surface area contributed by atoms with Crippen molar-refractivity contribution in [2.75, 3.05) is 39.8 Å². The van der Waals surface area contributed by atoms with Crippen molar-refractivity contribution in [2.45, 2.75) is 57.5 Å². The van der Waals surface area contributed by atoms with Gasteiger partial charge in [0.05, 0.1) is 12.6 Å².